The topological polar surface area (TPSA) is 47.6 Å². The first-order chi connectivity index (χ1) is 10.1. The van der Waals surface area contributed by atoms with Gasteiger partial charge in [0.05, 0.1) is 0 Å². The second-order valence-electron chi connectivity index (χ2n) is 5.74. The number of ether oxygens (including phenoxy) is 2. The van der Waals surface area contributed by atoms with Crippen LogP contribution in [0.1, 0.15) is 31.7 Å². The number of rotatable bonds is 9. The minimum Gasteiger partial charge on any atom is -0.481 e. The Morgan fingerprint density at radius 2 is 2.24 bits per heavy atom. The predicted octanol–water partition coefficient (Wildman–Crippen LogP) is 2.70. The second-order valence-corrected chi connectivity index (χ2v) is 5.74. The normalized spacial score (nSPS) is 15.5. The van der Waals surface area contributed by atoms with Crippen LogP contribution in [0.25, 0.3) is 0 Å². The van der Waals surface area contributed by atoms with Crippen LogP contribution in [0.5, 0.6) is 5.75 Å². The predicted molar refractivity (Wildman–Crippen MR) is 82.4 cm³/mol. The third-order valence-corrected chi connectivity index (χ3v) is 3.49. The Morgan fingerprint density at radius 3 is 2.95 bits per heavy atom. The zero-order valence-corrected chi connectivity index (χ0v) is 12.9. The lowest BCUT2D eigenvalue weighted by Gasteiger charge is -2.15. The molecule has 4 heteroatoms. The molecule has 2 rings (SSSR count). The summed E-state index contributed by atoms with van der Waals surface area (Å²) in [4.78, 5) is 11.9. The van der Waals surface area contributed by atoms with Gasteiger partial charge in [-0.05, 0) is 56.7 Å². The lowest BCUT2D eigenvalue weighted by Crippen LogP contribution is -2.37. The Balaban J connectivity index is 1.58. The molecule has 1 aliphatic carbocycles. The molecule has 1 fully saturated rings. The molecule has 0 aliphatic heterocycles. The highest BCUT2D eigenvalue weighted by Gasteiger charge is 2.20. The minimum atomic E-state index is -0.487. The van der Waals surface area contributed by atoms with Gasteiger partial charge >= 0.3 is 0 Å². The van der Waals surface area contributed by atoms with E-state index in [1.807, 2.05) is 31.2 Å². The maximum absolute atomic E-state index is 11.9. The van der Waals surface area contributed by atoms with Crippen LogP contribution in [0.15, 0.2) is 24.3 Å². The molecule has 116 valence electrons. The van der Waals surface area contributed by atoms with E-state index in [1.165, 1.54) is 12.8 Å². The van der Waals surface area contributed by atoms with Gasteiger partial charge in [-0.3, -0.25) is 4.79 Å². The summed E-state index contributed by atoms with van der Waals surface area (Å²) in [6.45, 7) is 5.98. The van der Waals surface area contributed by atoms with Crippen LogP contribution in [-0.2, 0) is 9.53 Å². The quantitative estimate of drug-likeness (QED) is 0.712. The molecular weight excluding hydrogens is 266 g/mol. The van der Waals surface area contributed by atoms with Crippen molar-refractivity contribution in [2.45, 2.75) is 39.2 Å². The average molecular weight is 291 g/mol. The van der Waals surface area contributed by atoms with Crippen molar-refractivity contribution in [1.29, 1.82) is 0 Å². The molecule has 1 aliphatic rings. The zero-order valence-electron chi connectivity index (χ0n) is 12.9. The van der Waals surface area contributed by atoms with Crippen LogP contribution in [-0.4, -0.2) is 31.8 Å². The number of aryl methyl sites for hydroxylation is 1. The van der Waals surface area contributed by atoms with Gasteiger partial charge in [-0.25, -0.2) is 0 Å². The highest BCUT2D eigenvalue weighted by atomic mass is 16.5. The SMILES string of the molecule is Cc1cccc(OC(C)C(=O)NCCCOCC2CC2)c1. The molecule has 1 aromatic rings. The van der Waals surface area contributed by atoms with E-state index in [0.717, 1.165) is 30.3 Å². The first-order valence-electron chi connectivity index (χ1n) is 7.74. The Labute approximate surface area is 126 Å². The molecule has 4 nitrogen and oxygen atoms in total. The monoisotopic (exact) mass is 291 g/mol. The highest BCUT2D eigenvalue weighted by molar-refractivity contribution is 5.80. The first kappa shape index (κ1) is 15.8. The fourth-order valence-corrected chi connectivity index (χ4v) is 2.01. The number of hydrogen-bond donors (Lipinski definition) is 1. The number of amides is 1. The van der Waals surface area contributed by atoms with Gasteiger partial charge in [-0.15, -0.1) is 0 Å². The van der Waals surface area contributed by atoms with Crippen molar-refractivity contribution in [2.24, 2.45) is 5.92 Å². The lowest BCUT2D eigenvalue weighted by molar-refractivity contribution is -0.127. The van der Waals surface area contributed by atoms with Crippen LogP contribution in [0.4, 0.5) is 0 Å². The van der Waals surface area contributed by atoms with Crippen LogP contribution < -0.4 is 10.1 Å². The van der Waals surface area contributed by atoms with Crippen LogP contribution >= 0.6 is 0 Å². The molecule has 0 bridgehead atoms. The van der Waals surface area contributed by atoms with E-state index in [1.54, 1.807) is 6.92 Å². The van der Waals surface area contributed by atoms with Crippen molar-refractivity contribution in [1.82, 2.24) is 5.32 Å². The van der Waals surface area contributed by atoms with Crippen LogP contribution in [0, 0.1) is 12.8 Å². The Kier molecular flexibility index (Phi) is 6.05. The van der Waals surface area contributed by atoms with Gasteiger partial charge in [0.1, 0.15) is 5.75 Å². The second kappa shape index (κ2) is 8.03. The van der Waals surface area contributed by atoms with Crippen molar-refractivity contribution in [3.05, 3.63) is 29.8 Å². The number of nitrogens with one attached hydrogen (secondary N) is 1. The Hall–Kier alpha value is -1.55. The average Bonchev–Trinajstić information content (AvgIpc) is 3.26. The van der Waals surface area contributed by atoms with E-state index in [2.05, 4.69) is 5.32 Å². The van der Waals surface area contributed by atoms with E-state index in [4.69, 9.17) is 9.47 Å². The molecule has 1 atom stereocenters. The molecule has 1 saturated carbocycles. The molecular formula is C17H25NO3. The van der Waals surface area contributed by atoms with Gasteiger partial charge < -0.3 is 14.8 Å². The molecule has 1 N–H and O–H groups in total. The molecule has 0 aromatic heterocycles. The fourth-order valence-electron chi connectivity index (χ4n) is 2.01. The summed E-state index contributed by atoms with van der Waals surface area (Å²) in [6.07, 6.45) is 2.98. The van der Waals surface area contributed by atoms with Crippen LogP contribution in [0.2, 0.25) is 0 Å². The third-order valence-electron chi connectivity index (χ3n) is 3.49. The zero-order chi connectivity index (χ0) is 15.1. The minimum absolute atomic E-state index is 0.0845. The summed E-state index contributed by atoms with van der Waals surface area (Å²) in [5, 5.41) is 2.88. The van der Waals surface area contributed by atoms with Crippen LogP contribution in [0.3, 0.4) is 0 Å². The molecule has 0 heterocycles. The first-order valence-corrected chi connectivity index (χ1v) is 7.74. The summed E-state index contributed by atoms with van der Waals surface area (Å²) in [7, 11) is 0. The molecule has 0 radical (unpaired) electrons. The molecule has 0 spiro atoms. The Morgan fingerprint density at radius 1 is 1.43 bits per heavy atom. The molecule has 1 amide bonds. The summed E-state index contributed by atoms with van der Waals surface area (Å²) in [5.41, 5.74) is 1.12. The van der Waals surface area contributed by atoms with E-state index in [9.17, 15) is 4.79 Å². The smallest absolute Gasteiger partial charge is 0.260 e. The number of carbonyl (C=O) groups excluding carboxylic acids is 1. The van der Waals surface area contributed by atoms with E-state index in [-0.39, 0.29) is 5.91 Å². The maximum Gasteiger partial charge on any atom is 0.260 e. The standard InChI is InChI=1S/C17H25NO3/c1-13-5-3-6-16(11-13)21-14(2)17(19)18-9-4-10-20-12-15-7-8-15/h3,5-6,11,14-15H,4,7-10,12H2,1-2H3,(H,18,19). The van der Waals surface area contributed by atoms with Gasteiger partial charge in [0.15, 0.2) is 6.10 Å². The number of hydrogen-bond acceptors (Lipinski definition) is 3. The lowest BCUT2D eigenvalue weighted by atomic mass is 10.2. The van der Waals surface area contributed by atoms with E-state index < -0.39 is 6.10 Å². The summed E-state index contributed by atoms with van der Waals surface area (Å²) in [5.74, 6) is 1.44. The van der Waals surface area contributed by atoms with Gasteiger partial charge in [0.2, 0.25) is 0 Å². The van der Waals surface area contributed by atoms with Crippen molar-refractivity contribution >= 4 is 5.91 Å². The molecule has 21 heavy (non-hydrogen) atoms. The van der Waals surface area contributed by atoms with Gasteiger partial charge in [0.25, 0.3) is 5.91 Å². The number of benzene rings is 1. The Bertz CT molecular complexity index is 457. The van der Waals surface area contributed by atoms with Crippen molar-refractivity contribution < 1.29 is 14.3 Å². The highest BCUT2D eigenvalue weighted by Crippen LogP contribution is 2.28. The third kappa shape index (κ3) is 6.17. The summed E-state index contributed by atoms with van der Waals surface area (Å²) < 4.78 is 11.2. The van der Waals surface area contributed by atoms with Gasteiger partial charge in [-0.2, -0.15) is 0 Å². The molecule has 1 unspecified atom stereocenters. The van der Waals surface area contributed by atoms with Gasteiger partial charge in [0, 0.05) is 19.8 Å². The summed E-state index contributed by atoms with van der Waals surface area (Å²) >= 11 is 0. The van der Waals surface area contributed by atoms with E-state index in [0.29, 0.717) is 13.2 Å². The van der Waals surface area contributed by atoms with Gasteiger partial charge in [-0.1, -0.05) is 12.1 Å². The fraction of sp³-hybridized carbons (Fsp3) is 0.588. The maximum atomic E-state index is 11.9. The largest absolute Gasteiger partial charge is 0.481 e. The number of carbonyl (C=O) groups is 1. The summed E-state index contributed by atoms with van der Waals surface area (Å²) in [6, 6.07) is 7.71. The van der Waals surface area contributed by atoms with Crippen molar-refractivity contribution in [3.63, 3.8) is 0 Å². The molecule has 0 saturated heterocycles. The van der Waals surface area contributed by atoms with Crippen molar-refractivity contribution in [3.8, 4) is 5.75 Å². The van der Waals surface area contributed by atoms with Crippen molar-refractivity contribution in [2.75, 3.05) is 19.8 Å². The van der Waals surface area contributed by atoms with E-state index >= 15 is 0 Å². The molecule has 1 aromatic carbocycles.